The highest BCUT2D eigenvalue weighted by molar-refractivity contribution is 4.95. The van der Waals surface area contributed by atoms with Gasteiger partial charge >= 0.3 is 0 Å². The molecule has 2 rings (SSSR count). The average molecular weight is 239 g/mol. The van der Waals surface area contributed by atoms with E-state index in [2.05, 4.69) is 46.6 Å². The lowest BCUT2D eigenvalue weighted by atomic mass is 9.65. The Morgan fingerprint density at radius 3 is 2.06 bits per heavy atom. The van der Waals surface area contributed by atoms with Crippen LogP contribution in [-0.4, -0.2) is 37.7 Å². The van der Waals surface area contributed by atoms with Crippen molar-refractivity contribution in [2.24, 2.45) is 22.7 Å². The average Bonchev–Trinajstić information content (AvgIpc) is 2.04. The fourth-order valence-corrected chi connectivity index (χ4v) is 3.22. The molecule has 0 saturated carbocycles. The molecule has 0 amide bonds. The topological polar surface area (TPSA) is 12.5 Å². The zero-order valence-electron chi connectivity index (χ0n) is 12.4. The Balaban J connectivity index is 1.88. The second kappa shape index (κ2) is 4.24. The second-order valence-corrected chi connectivity index (χ2v) is 7.96. The Labute approximate surface area is 107 Å². The van der Waals surface area contributed by atoms with Gasteiger partial charge in [0.25, 0.3) is 0 Å². The molecule has 2 atom stereocenters. The summed E-state index contributed by atoms with van der Waals surface area (Å²) in [6.07, 6.45) is 1.73. The highest BCUT2D eigenvalue weighted by Crippen LogP contribution is 2.45. The van der Waals surface area contributed by atoms with E-state index in [4.69, 9.17) is 4.74 Å². The molecule has 0 spiro atoms. The van der Waals surface area contributed by atoms with Crippen LogP contribution < -0.4 is 0 Å². The summed E-state index contributed by atoms with van der Waals surface area (Å²) in [6, 6.07) is 0. The lowest BCUT2D eigenvalue weighted by molar-refractivity contribution is -0.176. The van der Waals surface area contributed by atoms with Crippen LogP contribution in [0.2, 0.25) is 0 Å². The van der Waals surface area contributed by atoms with E-state index in [0.717, 1.165) is 18.4 Å². The van der Waals surface area contributed by atoms with Gasteiger partial charge in [0.15, 0.2) is 0 Å². The summed E-state index contributed by atoms with van der Waals surface area (Å²) >= 11 is 0. The van der Waals surface area contributed by atoms with Gasteiger partial charge < -0.3 is 9.64 Å². The first-order chi connectivity index (χ1) is 7.70. The van der Waals surface area contributed by atoms with E-state index >= 15 is 0 Å². The summed E-state index contributed by atoms with van der Waals surface area (Å²) in [4.78, 5) is 2.41. The molecule has 2 heterocycles. The van der Waals surface area contributed by atoms with Crippen LogP contribution in [-0.2, 0) is 4.74 Å². The molecule has 2 aliphatic rings. The largest absolute Gasteiger partial charge is 0.377 e. The molecule has 2 unspecified atom stereocenters. The maximum Gasteiger partial charge on any atom is 0.0635 e. The second-order valence-electron chi connectivity index (χ2n) is 7.96. The van der Waals surface area contributed by atoms with Crippen molar-refractivity contribution in [3.8, 4) is 0 Å². The summed E-state index contributed by atoms with van der Waals surface area (Å²) in [5.74, 6) is 1.61. The SMILES string of the molecule is CN1CC(C(C)(C)CC2OCC2C(C)(C)C)C1. The Morgan fingerprint density at radius 1 is 1.12 bits per heavy atom. The van der Waals surface area contributed by atoms with Gasteiger partial charge in [-0.2, -0.15) is 0 Å². The van der Waals surface area contributed by atoms with Gasteiger partial charge in [0.05, 0.1) is 12.7 Å². The van der Waals surface area contributed by atoms with E-state index in [9.17, 15) is 0 Å². The molecule has 0 aromatic carbocycles. The van der Waals surface area contributed by atoms with Crippen LogP contribution in [0.3, 0.4) is 0 Å². The molecule has 17 heavy (non-hydrogen) atoms. The monoisotopic (exact) mass is 239 g/mol. The van der Waals surface area contributed by atoms with E-state index in [1.165, 1.54) is 19.5 Å². The van der Waals surface area contributed by atoms with Crippen molar-refractivity contribution in [3.63, 3.8) is 0 Å². The van der Waals surface area contributed by atoms with Crippen molar-refractivity contribution in [1.29, 1.82) is 0 Å². The summed E-state index contributed by atoms with van der Waals surface area (Å²) < 4.78 is 5.84. The van der Waals surface area contributed by atoms with Gasteiger partial charge in [0, 0.05) is 19.0 Å². The number of hydrogen-bond donors (Lipinski definition) is 0. The molecule has 0 aromatic heterocycles. The third kappa shape index (κ3) is 2.68. The zero-order chi connectivity index (χ0) is 12.8. The van der Waals surface area contributed by atoms with Crippen molar-refractivity contribution in [2.45, 2.75) is 47.1 Å². The molecule has 0 N–H and O–H groups in total. The summed E-state index contributed by atoms with van der Waals surface area (Å²) in [5, 5.41) is 0. The Kier molecular flexibility index (Phi) is 3.33. The quantitative estimate of drug-likeness (QED) is 0.750. The number of ether oxygens (including phenoxy) is 1. The fraction of sp³-hybridized carbons (Fsp3) is 1.00. The lowest BCUT2D eigenvalue weighted by Crippen LogP contribution is -2.55. The van der Waals surface area contributed by atoms with E-state index in [0.29, 0.717) is 16.9 Å². The van der Waals surface area contributed by atoms with Crippen molar-refractivity contribution in [2.75, 3.05) is 26.7 Å². The number of likely N-dealkylation sites (tertiary alicyclic amines) is 1. The van der Waals surface area contributed by atoms with Crippen LogP contribution in [0.25, 0.3) is 0 Å². The van der Waals surface area contributed by atoms with Crippen LogP contribution in [0.1, 0.15) is 41.0 Å². The number of rotatable bonds is 3. The van der Waals surface area contributed by atoms with Gasteiger partial charge in [0.1, 0.15) is 0 Å². The van der Waals surface area contributed by atoms with Gasteiger partial charge in [0.2, 0.25) is 0 Å². The minimum absolute atomic E-state index is 0.398. The third-order valence-corrected chi connectivity index (χ3v) is 4.95. The van der Waals surface area contributed by atoms with Crippen LogP contribution in [0.15, 0.2) is 0 Å². The van der Waals surface area contributed by atoms with Crippen molar-refractivity contribution >= 4 is 0 Å². The highest BCUT2D eigenvalue weighted by atomic mass is 16.5. The molecule has 0 bridgehead atoms. The van der Waals surface area contributed by atoms with Gasteiger partial charge in [-0.25, -0.2) is 0 Å². The predicted molar refractivity (Wildman–Crippen MR) is 72.1 cm³/mol. The smallest absolute Gasteiger partial charge is 0.0635 e. The molecule has 100 valence electrons. The first-order valence-corrected chi connectivity index (χ1v) is 7.00. The van der Waals surface area contributed by atoms with Crippen LogP contribution in [0.5, 0.6) is 0 Å². The maximum atomic E-state index is 5.84. The normalized spacial score (nSPS) is 32.1. The Hall–Kier alpha value is -0.0800. The summed E-state index contributed by atoms with van der Waals surface area (Å²) in [7, 11) is 2.21. The molecule has 0 aromatic rings. The third-order valence-electron chi connectivity index (χ3n) is 4.95. The first kappa shape index (κ1) is 13.4. The van der Waals surface area contributed by atoms with E-state index in [1.807, 2.05) is 0 Å². The predicted octanol–water partition coefficient (Wildman–Crippen LogP) is 3.03. The van der Waals surface area contributed by atoms with Crippen molar-refractivity contribution in [1.82, 2.24) is 4.90 Å². The number of nitrogens with zero attached hydrogens (tertiary/aromatic N) is 1. The summed E-state index contributed by atoms with van der Waals surface area (Å²) in [5.41, 5.74) is 0.830. The zero-order valence-corrected chi connectivity index (χ0v) is 12.4. The minimum Gasteiger partial charge on any atom is -0.377 e. The van der Waals surface area contributed by atoms with Crippen molar-refractivity contribution in [3.05, 3.63) is 0 Å². The molecular weight excluding hydrogens is 210 g/mol. The highest BCUT2D eigenvalue weighted by Gasteiger charge is 2.46. The van der Waals surface area contributed by atoms with Gasteiger partial charge in [-0.15, -0.1) is 0 Å². The van der Waals surface area contributed by atoms with Crippen molar-refractivity contribution < 1.29 is 4.74 Å². The van der Waals surface area contributed by atoms with Gasteiger partial charge in [-0.05, 0) is 30.2 Å². The molecule has 0 radical (unpaired) electrons. The first-order valence-electron chi connectivity index (χ1n) is 7.00. The maximum absolute atomic E-state index is 5.84. The standard InChI is InChI=1S/C15H29NO/c1-14(2,3)12-10-17-13(12)7-15(4,5)11-8-16(6)9-11/h11-13H,7-10H2,1-6H3. The minimum atomic E-state index is 0.398. The molecule has 2 fully saturated rings. The van der Waals surface area contributed by atoms with Gasteiger partial charge in [-0.3, -0.25) is 0 Å². The lowest BCUT2D eigenvalue weighted by Gasteiger charge is -2.52. The van der Waals surface area contributed by atoms with E-state index in [-0.39, 0.29) is 0 Å². The van der Waals surface area contributed by atoms with Crippen LogP contribution in [0, 0.1) is 22.7 Å². The van der Waals surface area contributed by atoms with E-state index < -0.39 is 0 Å². The summed E-state index contributed by atoms with van der Waals surface area (Å²) in [6.45, 7) is 15.4. The molecule has 0 aliphatic carbocycles. The molecular formula is C15H29NO. The van der Waals surface area contributed by atoms with E-state index in [1.54, 1.807) is 0 Å². The molecule has 2 nitrogen and oxygen atoms in total. The Morgan fingerprint density at radius 2 is 1.71 bits per heavy atom. The Bertz CT molecular complexity index is 273. The molecule has 2 aliphatic heterocycles. The fourth-order valence-electron chi connectivity index (χ4n) is 3.22. The molecule has 2 heteroatoms. The van der Waals surface area contributed by atoms with Crippen LogP contribution >= 0.6 is 0 Å². The van der Waals surface area contributed by atoms with Gasteiger partial charge in [-0.1, -0.05) is 34.6 Å². The number of hydrogen-bond acceptors (Lipinski definition) is 2. The molecule has 2 saturated heterocycles. The van der Waals surface area contributed by atoms with Crippen LogP contribution in [0.4, 0.5) is 0 Å².